The first-order valence-electron chi connectivity index (χ1n) is 19.4. The van der Waals surface area contributed by atoms with Crippen LogP contribution in [0.3, 0.4) is 0 Å². The van der Waals surface area contributed by atoms with Crippen molar-refractivity contribution in [2.24, 2.45) is 0 Å². The molecule has 1 N–H and O–H groups in total. The lowest BCUT2D eigenvalue weighted by Crippen LogP contribution is -2.18. The van der Waals surface area contributed by atoms with Crippen molar-refractivity contribution in [1.82, 2.24) is 0 Å². The van der Waals surface area contributed by atoms with E-state index in [0.717, 1.165) is 45.5 Å². The van der Waals surface area contributed by atoms with E-state index in [1.807, 2.05) is 0 Å². The first-order chi connectivity index (χ1) is 27.3. The number of fused-ring (bicyclic) bond motifs is 2. The molecule has 7 aromatic rings. The van der Waals surface area contributed by atoms with E-state index in [9.17, 15) is 0 Å². The van der Waals surface area contributed by atoms with Gasteiger partial charge in [0.2, 0.25) is 0 Å². The molecule has 0 amide bonds. The van der Waals surface area contributed by atoms with Crippen LogP contribution >= 0.6 is 0 Å². The Kier molecular flexibility index (Phi) is 8.82. The fraction of sp³-hybridized carbons (Fsp3) is 0.115. The van der Waals surface area contributed by atoms with Crippen LogP contribution in [-0.2, 0) is 0 Å². The second-order valence-electron chi connectivity index (χ2n) is 15.1. The summed E-state index contributed by atoms with van der Waals surface area (Å²) in [6, 6.07) is 50.8. The van der Waals surface area contributed by atoms with E-state index in [1.54, 1.807) is 0 Å². The fourth-order valence-corrected chi connectivity index (χ4v) is 8.65. The average Bonchev–Trinajstić information content (AvgIpc) is 3.19. The van der Waals surface area contributed by atoms with Crippen LogP contribution in [0, 0.1) is 27.7 Å². The highest BCUT2D eigenvalue weighted by atomic mass is 15.2. The van der Waals surface area contributed by atoms with Gasteiger partial charge in [0.25, 0.3) is 0 Å². The summed E-state index contributed by atoms with van der Waals surface area (Å²) in [5.74, 6) is 0. The van der Waals surface area contributed by atoms with Crippen LogP contribution in [0.5, 0.6) is 0 Å². The lowest BCUT2D eigenvalue weighted by atomic mass is 9.87. The second kappa shape index (κ2) is 14.1. The van der Waals surface area contributed by atoms with Crippen LogP contribution in [0.15, 0.2) is 169 Å². The van der Waals surface area contributed by atoms with Crippen LogP contribution < -0.4 is 20.0 Å². The fourth-order valence-electron chi connectivity index (χ4n) is 8.65. The molecular weight excluding hydrogens is 681 g/mol. The standard InChI is InChI=1S/C52H46N4/c1-7-14-42(56(41-17-12-9-13-18-41)48-25-19-34(2)28-37(48)5)32-39-31-38-20-22-46-45-23-21-43(33-50(45)54(6)49-26-24-47(53-39)51(38)52(46)49)55(40-15-10-8-11-16-40)44-29-35(3)27-36(4)30-44/h7-33,53H,1-6H3/b14-7-,42-32+. The molecule has 0 saturated heterocycles. The number of allylic oxidation sites excluding steroid dienone is 3. The molecule has 274 valence electrons. The Labute approximate surface area is 331 Å². The van der Waals surface area contributed by atoms with Crippen LogP contribution in [0.4, 0.5) is 45.5 Å². The zero-order valence-electron chi connectivity index (χ0n) is 32.9. The van der Waals surface area contributed by atoms with E-state index in [-0.39, 0.29) is 0 Å². The van der Waals surface area contributed by atoms with Crippen molar-refractivity contribution in [1.29, 1.82) is 0 Å². The van der Waals surface area contributed by atoms with Gasteiger partial charge in [-0.1, -0.05) is 84.4 Å². The summed E-state index contributed by atoms with van der Waals surface area (Å²) < 4.78 is 0. The molecule has 0 atom stereocenters. The Morgan fingerprint density at radius 2 is 1.30 bits per heavy atom. The molecule has 4 nitrogen and oxygen atoms in total. The molecule has 0 spiro atoms. The SMILES string of the molecule is C/C=C\C(=C/C1=Cc2ccc3c4c(ccc(c24)N1)N(C)c1cc(N(c2ccccc2)c2cc(C)cc(C)c2)ccc1-3)N(c1ccccc1)c1ccc(C)cc1C. The van der Waals surface area contributed by atoms with E-state index in [2.05, 4.69) is 226 Å². The Bertz CT molecular complexity index is 2720. The molecule has 56 heavy (non-hydrogen) atoms. The van der Waals surface area contributed by atoms with Crippen LogP contribution in [-0.4, -0.2) is 7.05 Å². The smallest absolute Gasteiger partial charge is 0.0509 e. The molecule has 0 bridgehead atoms. The van der Waals surface area contributed by atoms with Crippen molar-refractivity contribution >= 4 is 62.3 Å². The van der Waals surface area contributed by atoms with Crippen molar-refractivity contribution < 1.29 is 0 Å². The molecule has 0 radical (unpaired) electrons. The van der Waals surface area contributed by atoms with E-state index in [4.69, 9.17) is 0 Å². The van der Waals surface area contributed by atoms with Gasteiger partial charge in [-0.3, -0.25) is 0 Å². The van der Waals surface area contributed by atoms with Gasteiger partial charge in [-0.05, 0) is 147 Å². The minimum absolute atomic E-state index is 1.04. The molecule has 9 rings (SSSR count). The Balaban J connectivity index is 1.15. The van der Waals surface area contributed by atoms with E-state index in [1.165, 1.54) is 61.1 Å². The quantitative estimate of drug-likeness (QED) is 0.157. The van der Waals surface area contributed by atoms with Crippen molar-refractivity contribution in [2.45, 2.75) is 34.6 Å². The third-order valence-corrected chi connectivity index (χ3v) is 11.0. The van der Waals surface area contributed by atoms with Gasteiger partial charge in [0.1, 0.15) is 0 Å². The van der Waals surface area contributed by atoms with Gasteiger partial charge in [-0.15, -0.1) is 0 Å². The molecular formula is C52H46N4. The van der Waals surface area contributed by atoms with E-state index < -0.39 is 0 Å². The Hall–Kier alpha value is -6.78. The van der Waals surface area contributed by atoms with Crippen LogP contribution in [0.2, 0.25) is 0 Å². The van der Waals surface area contributed by atoms with Crippen molar-refractivity contribution in [3.63, 3.8) is 0 Å². The predicted molar refractivity (Wildman–Crippen MR) is 241 cm³/mol. The Morgan fingerprint density at radius 1 is 0.589 bits per heavy atom. The monoisotopic (exact) mass is 726 g/mol. The first kappa shape index (κ1) is 35.0. The number of hydrogen-bond donors (Lipinski definition) is 1. The van der Waals surface area contributed by atoms with E-state index in [0.29, 0.717) is 0 Å². The minimum atomic E-state index is 1.04. The third kappa shape index (κ3) is 6.14. The van der Waals surface area contributed by atoms with Gasteiger partial charge < -0.3 is 20.0 Å². The molecule has 2 heterocycles. The van der Waals surface area contributed by atoms with Crippen molar-refractivity contribution in [3.8, 4) is 11.1 Å². The average molecular weight is 727 g/mol. The number of para-hydroxylation sites is 2. The lowest BCUT2D eigenvalue weighted by Gasteiger charge is -2.34. The molecule has 2 aliphatic heterocycles. The zero-order valence-corrected chi connectivity index (χ0v) is 32.9. The predicted octanol–water partition coefficient (Wildman–Crippen LogP) is 14.4. The maximum absolute atomic E-state index is 3.84. The highest BCUT2D eigenvalue weighted by Crippen LogP contribution is 2.52. The molecule has 0 aromatic heterocycles. The second-order valence-corrected chi connectivity index (χ2v) is 15.1. The highest BCUT2D eigenvalue weighted by molar-refractivity contribution is 6.19. The zero-order chi connectivity index (χ0) is 38.5. The molecule has 0 fully saturated rings. The van der Waals surface area contributed by atoms with Gasteiger partial charge in [-0.25, -0.2) is 0 Å². The van der Waals surface area contributed by atoms with Crippen molar-refractivity contribution in [3.05, 3.63) is 197 Å². The van der Waals surface area contributed by atoms with Crippen LogP contribution in [0.1, 0.15) is 34.7 Å². The highest BCUT2D eigenvalue weighted by Gasteiger charge is 2.28. The maximum Gasteiger partial charge on any atom is 0.0509 e. The summed E-state index contributed by atoms with van der Waals surface area (Å²) in [5.41, 5.74) is 20.0. The molecule has 0 unspecified atom stereocenters. The van der Waals surface area contributed by atoms with Gasteiger partial charge >= 0.3 is 0 Å². The topological polar surface area (TPSA) is 21.8 Å². The Morgan fingerprint density at radius 3 is 2.02 bits per heavy atom. The van der Waals surface area contributed by atoms with Gasteiger partial charge in [0.15, 0.2) is 0 Å². The summed E-state index contributed by atoms with van der Waals surface area (Å²) in [7, 11) is 2.20. The van der Waals surface area contributed by atoms with Crippen molar-refractivity contribution in [2.75, 3.05) is 27.1 Å². The maximum atomic E-state index is 3.84. The number of rotatable bonds is 8. The molecule has 4 heteroatoms. The van der Waals surface area contributed by atoms with Gasteiger partial charge in [-0.2, -0.15) is 0 Å². The molecule has 7 aromatic carbocycles. The third-order valence-electron chi connectivity index (χ3n) is 11.0. The number of hydrogen-bond acceptors (Lipinski definition) is 4. The summed E-state index contributed by atoms with van der Waals surface area (Å²) in [6.45, 7) is 10.8. The molecule has 0 aliphatic carbocycles. The largest absolute Gasteiger partial charge is 0.355 e. The summed E-state index contributed by atoms with van der Waals surface area (Å²) in [6.07, 6.45) is 8.88. The van der Waals surface area contributed by atoms with Gasteiger partial charge in [0, 0.05) is 74.6 Å². The summed E-state index contributed by atoms with van der Waals surface area (Å²) in [5, 5.41) is 6.37. The minimum Gasteiger partial charge on any atom is -0.355 e. The van der Waals surface area contributed by atoms with Gasteiger partial charge in [0.05, 0.1) is 5.69 Å². The first-order valence-corrected chi connectivity index (χ1v) is 19.4. The number of nitrogens with zero attached hydrogens (tertiary/aromatic N) is 3. The van der Waals surface area contributed by atoms with E-state index >= 15 is 0 Å². The number of benzene rings is 7. The molecule has 2 aliphatic rings. The molecule has 0 saturated carbocycles. The van der Waals surface area contributed by atoms with Crippen LogP contribution in [0.25, 0.3) is 28.0 Å². The number of anilines is 8. The lowest BCUT2D eigenvalue weighted by molar-refractivity contribution is 1.17. The number of nitrogens with one attached hydrogen (secondary N) is 1. The normalized spacial score (nSPS) is 13.1. The summed E-state index contributed by atoms with van der Waals surface area (Å²) in [4.78, 5) is 7.09. The number of aryl methyl sites for hydroxylation is 4. The summed E-state index contributed by atoms with van der Waals surface area (Å²) >= 11 is 0.